The number of nitrogens with zero attached hydrogens (tertiary/aromatic N) is 3. The molecule has 0 radical (unpaired) electrons. The van der Waals surface area contributed by atoms with Crippen LogP contribution in [0, 0.1) is 6.01 Å². The molecule has 2 unspecified atom stereocenters. The zero-order valence-corrected chi connectivity index (χ0v) is 22.9. The van der Waals surface area contributed by atoms with Crippen LogP contribution in [0.1, 0.15) is 51.1 Å². The Balaban J connectivity index is 1.76. The molecule has 3 heterocycles. The van der Waals surface area contributed by atoms with Gasteiger partial charge in [-0.3, -0.25) is 10.1 Å². The molecule has 0 aliphatic heterocycles. The van der Waals surface area contributed by atoms with Crippen LogP contribution in [0.15, 0.2) is 47.0 Å². The molecule has 2 atom stereocenters. The molecule has 40 heavy (non-hydrogen) atoms. The van der Waals surface area contributed by atoms with Crippen molar-refractivity contribution in [1.82, 2.24) is 14.5 Å². The zero-order chi connectivity index (χ0) is 29.0. The number of rotatable bonds is 8. The number of imidazole rings is 1. The van der Waals surface area contributed by atoms with E-state index in [0.717, 1.165) is 6.07 Å². The summed E-state index contributed by atoms with van der Waals surface area (Å²) in [5.41, 5.74) is 1.23. The minimum atomic E-state index is -0.898. The van der Waals surface area contributed by atoms with Crippen molar-refractivity contribution in [3.63, 3.8) is 0 Å². The Morgan fingerprint density at radius 2 is 1.75 bits per heavy atom. The number of nitrogens with one attached hydrogen (secondary N) is 2. The van der Waals surface area contributed by atoms with Crippen molar-refractivity contribution in [3.05, 3.63) is 59.4 Å². The fourth-order valence-corrected chi connectivity index (χ4v) is 3.72. The highest BCUT2D eigenvalue weighted by Gasteiger charge is 2.24. The number of carbonyl (C=O) groups excluding carboxylic acids is 3. The van der Waals surface area contributed by atoms with Crippen LogP contribution in [0.2, 0.25) is 5.02 Å². The molecule has 1 aromatic carbocycles. The minimum Gasteiger partial charge on any atom is -0.446 e. The van der Waals surface area contributed by atoms with E-state index < -0.39 is 30.2 Å². The van der Waals surface area contributed by atoms with Crippen molar-refractivity contribution in [2.24, 2.45) is 0 Å². The van der Waals surface area contributed by atoms with Crippen LogP contribution in [0.4, 0.5) is 25.4 Å². The zero-order valence-electron chi connectivity index (χ0n) is 22.2. The average molecular weight is 572 g/mol. The summed E-state index contributed by atoms with van der Waals surface area (Å²) in [5.74, 6) is -0.835. The van der Waals surface area contributed by atoms with Gasteiger partial charge in [-0.25, -0.2) is 24.1 Å². The van der Waals surface area contributed by atoms with E-state index in [9.17, 15) is 18.8 Å². The summed E-state index contributed by atoms with van der Waals surface area (Å²) in [7, 11) is 0. The fraction of sp³-hybridized carbons (Fsp3) is 0.296. The summed E-state index contributed by atoms with van der Waals surface area (Å²) in [4.78, 5) is 46.9. The summed E-state index contributed by atoms with van der Waals surface area (Å²) in [5, 5.41) is 5.41. The van der Waals surface area contributed by atoms with Gasteiger partial charge < -0.3 is 19.2 Å². The Morgan fingerprint density at radius 1 is 1.02 bits per heavy atom. The van der Waals surface area contributed by atoms with Crippen molar-refractivity contribution < 1.29 is 32.7 Å². The van der Waals surface area contributed by atoms with E-state index in [1.807, 2.05) is 13.8 Å². The highest BCUT2D eigenvalue weighted by molar-refractivity contribution is 6.33. The normalized spacial score (nSPS) is 12.6. The molecule has 4 aromatic rings. The number of benzene rings is 1. The Morgan fingerprint density at radius 3 is 2.42 bits per heavy atom. The molecule has 210 valence electrons. The van der Waals surface area contributed by atoms with Gasteiger partial charge in [-0.05, 0) is 57.0 Å². The number of halogens is 2. The van der Waals surface area contributed by atoms with E-state index >= 15 is 0 Å². The van der Waals surface area contributed by atoms with Gasteiger partial charge in [0, 0.05) is 17.3 Å². The van der Waals surface area contributed by atoms with Crippen LogP contribution < -0.4 is 10.6 Å². The van der Waals surface area contributed by atoms with Crippen molar-refractivity contribution in [1.29, 1.82) is 0 Å². The van der Waals surface area contributed by atoms with Gasteiger partial charge in [0.25, 0.3) is 11.9 Å². The largest absolute Gasteiger partial charge is 0.446 e. The monoisotopic (exact) mass is 571 g/mol. The third-order valence-electron chi connectivity index (χ3n) is 5.96. The first-order chi connectivity index (χ1) is 19.1. The molecule has 0 bridgehead atoms. The van der Waals surface area contributed by atoms with E-state index in [-0.39, 0.29) is 50.8 Å². The molecule has 0 aliphatic carbocycles. The maximum Gasteiger partial charge on any atom is 0.420 e. The van der Waals surface area contributed by atoms with Gasteiger partial charge in [0.05, 0.1) is 16.9 Å². The molecule has 11 nitrogen and oxygen atoms in total. The number of furan rings is 1. The number of amides is 2. The molecule has 0 spiro atoms. The number of hydrogen-bond acceptors (Lipinski definition) is 8. The van der Waals surface area contributed by atoms with Crippen LogP contribution in [0.3, 0.4) is 0 Å². The number of hydrogen-bond donors (Lipinski definition) is 2. The lowest BCUT2D eigenvalue weighted by molar-refractivity contribution is 0.0987. The van der Waals surface area contributed by atoms with Crippen molar-refractivity contribution >= 4 is 52.2 Å². The first kappa shape index (κ1) is 28.6. The lowest BCUT2D eigenvalue weighted by Gasteiger charge is -2.15. The maximum atomic E-state index is 13.4. The van der Waals surface area contributed by atoms with Crippen LogP contribution in [0.25, 0.3) is 22.6 Å². The topological polar surface area (TPSA) is 138 Å². The molecular weight excluding hydrogens is 545 g/mol. The third-order valence-corrected chi connectivity index (χ3v) is 6.29. The van der Waals surface area contributed by atoms with Crippen molar-refractivity contribution in [3.8, 4) is 11.4 Å². The summed E-state index contributed by atoms with van der Waals surface area (Å²) in [6.45, 7) is 7.26. The Bertz CT molecular complexity index is 1570. The second kappa shape index (κ2) is 12.2. The predicted octanol–water partition coefficient (Wildman–Crippen LogP) is 6.87. The molecule has 0 saturated carbocycles. The number of aromatic nitrogens is 3. The Kier molecular flexibility index (Phi) is 8.68. The molecule has 0 saturated heterocycles. The third kappa shape index (κ3) is 6.40. The number of fused-ring (bicyclic) bond motifs is 1. The van der Waals surface area contributed by atoms with E-state index in [2.05, 4.69) is 20.6 Å². The van der Waals surface area contributed by atoms with Gasteiger partial charge in [0.15, 0.2) is 17.2 Å². The van der Waals surface area contributed by atoms with Crippen LogP contribution in [0.5, 0.6) is 0 Å². The lowest BCUT2D eigenvalue weighted by atomic mass is 10.2. The van der Waals surface area contributed by atoms with E-state index in [1.54, 1.807) is 13.8 Å². The first-order valence-electron chi connectivity index (χ1n) is 12.5. The van der Waals surface area contributed by atoms with Crippen molar-refractivity contribution in [2.75, 3.05) is 10.6 Å². The minimum absolute atomic E-state index is 0.0836. The molecule has 2 amide bonds. The summed E-state index contributed by atoms with van der Waals surface area (Å²) >= 11 is 6.51. The van der Waals surface area contributed by atoms with Crippen LogP contribution >= 0.6 is 11.6 Å². The van der Waals surface area contributed by atoms with Crippen LogP contribution in [-0.2, 0) is 9.47 Å². The number of pyridine rings is 1. The van der Waals surface area contributed by atoms with E-state index in [4.69, 9.17) is 25.5 Å². The number of anilines is 2. The SMILES string of the molecule is CCC(C)OC(=O)Nc1cnc2nc(-c3cc(NC(=O)c4ccc(F)o4)ccc3Cl)n(C(=O)OC(C)CC)c2c1. The van der Waals surface area contributed by atoms with Gasteiger partial charge in [-0.2, -0.15) is 4.39 Å². The molecular formula is C27H27ClFN5O6. The molecule has 13 heteroatoms. The quantitative estimate of drug-likeness (QED) is 0.234. The van der Waals surface area contributed by atoms with Gasteiger partial charge in [-0.15, -0.1) is 0 Å². The standard InChI is InChI=1S/C27H27ClFN5O6/c1-5-14(3)38-26(36)32-17-12-20-23(30-13-17)33-24(34(20)27(37)39-15(4)6-2)18-11-16(7-8-19(18)28)31-25(35)21-9-10-22(29)40-21/h7-15H,5-6H2,1-4H3,(H,31,35)(H,32,36). The molecule has 3 aromatic heterocycles. The second-order valence-corrected chi connectivity index (χ2v) is 9.35. The number of carbonyl (C=O) groups is 3. The van der Waals surface area contributed by atoms with Gasteiger partial charge >= 0.3 is 12.2 Å². The van der Waals surface area contributed by atoms with Crippen molar-refractivity contribution in [2.45, 2.75) is 52.7 Å². The van der Waals surface area contributed by atoms with Crippen LogP contribution in [-0.4, -0.2) is 44.8 Å². The van der Waals surface area contributed by atoms with E-state index in [0.29, 0.717) is 12.8 Å². The Labute approximate surface area is 233 Å². The molecule has 4 rings (SSSR count). The summed E-state index contributed by atoms with van der Waals surface area (Å²) < 4.78 is 30.0. The predicted molar refractivity (Wildman–Crippen MR) is 146 cm³/mol. The fourth-order valence-electron chi connectivity index (χ4n) is 3.52. The van der Waals surface area contributed by atoms with Gasteiger partial charge in [0.1, 0.15) is 17.7 Å². The first-order valence-corrected chi connectivity index (χ1v) is 12.9. The van der Waals surface area contributed by atoms with Gasteiger partial charge in [-0.1, -0.05) is 25.4 Å². The second-order valence-electron chi connectivity index (χ2n) is 8.94. The molecule has 0 aliphatic rings. The summed E-state index contributed by atoms with van der Waals surface area (Å²) in [6.07, 6.45) is 0.462. The van der Waals surface area contributed by atoms with Gasteiger partial charge in [0.2, 0.25) is 0 Å². The average Bonchev–Trinajstić information content (AvgIpc) is 3.52. The summed E-state index contributed by atoms with van der Waals surface area (Å²) in [6, 6.07) is 7.36. The highest BCUT2D eigenvalue weighted by Crippen LogP contribution is 2.33. The molecule has 2 N–H and O–H groups in total. The number of ether oxygens (including phenoxy) is 2. The smallest absolute Gasteiger partial charge is 0.420 e. The maximum absolute atomic E-state index is 13.4. The molecule has 0 fully saturated rings. The lowest BCUT2D eigenvalue weighted by Crippen LogP contribution is -2.21. The Hall–Kier alpha value is -4.45. The van der Waals surface area contributed by atoms with E-state index in [1.165, 1.54) is 41.1 Å². The highest BCUT2D eigenvalue weighted by atomic mass is 35.5.